The van der Waals surface area contributed by atoms with E-state index in [1.54, 1.807) is 0 Å². The Kier molecular flexibility index (Phi) is 7.24. The quantitative estimate of drug-likeness (QED) is 0.168. The van der Waals surface area contributed by atoms with Crippen LogP contribution in [0.15, 0.2) is 182 Å². The Balaban J connectivity index is 1.14. The molecule has 0 aliphatic heterocycles. The van der Waals surface area contributed by atoms with E-state index >= 15 is 0 Å². The second-order valence-corrected chi connectivity index (χ2v) is 16.2. The molecule has 0 radical (unpaired) electrons. The van der Waals surface area contributed by atoms with Crippen LogP contribution in [0.3, 0.4) is 0 Å². The maximum atomic E-state index is 5.29. The van der Waals surface area contributed by atoms with E-state index < -0.39 is 0 Å². The summed E-state index contributed by atoms with van der Waals surface area (Å²) in [4.78, 5) is 20.9. The minimum Gasteiger partial charge on any atom is -0.228 e. The van der Waals surface area contributed by atoms with Gasteiger partial charge in [-0.1, -0.05) is 172 Å². The molecule has 0 spiro atoms. The zero-order chi connectivity index (χ0) is 39.2. The molecule has 0 unspecified atom stereocenters. The van der Waals surface area contributed by atoms with Crippen LogP contribution in [0.1, 0.15) is 25.0 Å². The zero-order valence-corrected chi connectivity index (χ0v) is 32.6. The molecule has 2 aromatic heterocycles. The van der Waals surface area contributed by atoms with Gasteiger partial charge in [-0.05, 0) is 78.8 Å². The number of hydrogen-bond donors (Lipinski definition) is 0. The second kappa shape index (κ2) is 12.7. The van der Waals surface area contributed by atoms with Crippen molar-refractivity contribution in [3.8, 4) is 56.4 Å². The van der Waals surface area contributed by atoms with Gasteiger partial charge in [0.25, 0.3) is 0 Å². The summed E-state index contributed by atoms with van der Waals surface area (Å²) in [5.74, 6) is 1.43. The highest BCUT2D eigenvalue weighted by atomic mass is 14.9. The molecule has 0 saturated heterocycles. The molecule has 2 heterocycles. The fourth-order valence-electron chi connectivity index (χ4n) is 9.77. The van der Waals surface area contributed by atoms with Gasteiger partial charge in [-0.3, -0.25) is 0 Å². The van der Waals surface area contributed by atoms with Crippen LogP contribution in [0.4, 0.5) is 0 Å². The van der Waals surface area contributed by atoms with E-state index in [9.17, 15) is 0 Å². The van der Waals surface area contributed by atoms with E-state index in [0.717, 1.165) is 61.3 Å². The summed E-state index contributed by atoms with van der Waals surface area (Å²) in [6, 6.07) is 64.6. The summed E-state index contributed by atoms with van der Waals surface area (Å²) in [6.45, 7) is 4.79. The SMILES string of the molecule is CC1(C)c2c(ccc3ccccc23)-c2c1c1cc(-c3nc(-c4ccccc4)c4ccccc4n3)ccc1c1ccc(-c3nc(-c4ccccc4)c4ccccc4n3)cc21. The van der Waals surface area contributed by atoms with E-state index in [4.69, 9.17) is 19.9 Å². The maximum absolute atomic E-state index is 5.29. The molecular weight excluding hydrogens is 717 g/mol. The van der Waals surface area contributed by atoms with Crippen molar-refractivity contribution in [2.45, 2.75) is 19.3 Å². The predicted octanol–water partition coefficient (Wildman–Crippen LogP) is 14.0. The van der Waals surface area contributed by atoms with E-state index in [1.165, 1.54) is 54.6 Å². The van der Waals surface area contributed by atoms with Gasteiger partial charge >= 0.3 is 0 Å². The summed E-state index contributed by atoms with van der Waals surface area (Å²) in [6.07, 6.45) is 0. The molecule has 1 aliphatic carbocycles. The van der Waals surface area contributed by atoms with Crippen molar-refractivity contribution in [3.05, 3.63) is 193 Å². The van der Waals surface area contributed by atoms with Crippen LogP contribution in [0.5, 0.6) is 0 Å². The van der Waals surface area contributed by atoms with Gasteiger partial charge < -0.3 is 0 Å². The lowest BCUT2D eigenvalue weighted by Gasteiger charge is -2.25. The van der Waals surface area contributed by atoms with Crippen molar-refractivity contribution in [2.75, 3.05) is 0 Å². The van der Waals surface area contributed by atoms with Crippen molar-refractivity contribution in [1.82, 2.24) is 19.9 Å². The molecular formula is C55H36N4. The molecule has 1 aliphatic rings. The molecule has 4 heteroatoms. The van der Waals surface area contributed by atoms with E-state index in [2.05, 4.69) is 184 Å². The van der Waals surface area contributed by atoms with Crippen LogP contribution in [0, 0.1) is 0 Å². The van der Waals surface area contributed by atoms with Crippen LogP contribution < -0.4 is 0 Å². The van der Waals surface area contributed by atoms with E-state index in [1.807, 2.05) is 12.1 Å². The lowest BCUT2D eigenvalue weighted by atomic mass is 9.77. The summed E-state index contributed by atoms with van der Waals surface area (Å²) in [7, 11) is 0. The fourth-order valence-corrected chi connectivity index (χ4v) is 9.77. The third-order valence-electron chi connectivity index (χ3n) is 12.4. The van der Waals surface area contributed by atoms with Gasteiger partial charge in [0.15, 0.2) is 11.6 Å². The van der Waals surface area contributed by atoms with Crippen LogP contribution in [0.2, 0.25) is 0 Å². The number of para-hydroxylation sites is 2. The van der Waals surface area contributed by atoms with E-state index in [0.29, 0.717) is 5.82 Å². The Hall–Kier alpha value is -7.56. The minimum absolute atomic E-state index is 0.314. The first-order valence-corrected chi connectivity index (χ1v) is 20.2. The molecule has 0 amide bonds. The first-order chi connectivity index (χ1) is 29.0. The number of benzene rings is 9. The highest BCUT2D eigenvalue weighted by molar-refractivity contribution is 6.20. The summed E-state index contributed by atoms with van der Waals surface area (Å²) in [5.41, 5.74) is 12.8. The molecule has 0 fully saturated rings. The monoisotopic (exact) mass is 752 g/mol. The zero-order valence-electron chi connectivity index (χ0n) is 32.6. The Morgan fingerprint density at radius 1 is 0.339 bits per heavy atom. The van der Waals surface area contributed by atoms with Crippen molar-refractivity contribution in [3.63, 3.8) is 0 Å². The van der Waals surface area contributed by atoms with Crippen molar-refractivity contribution in [1.29, 1.82) is 0 Å². The average molecular weight is 753 g/mol. The third-order valence-corrected chi connectivity index (χ3v) is 12.4. The average Bonchev–Trinajstić information content (AvgIpc) is 3.55. The van der Waals surface area contributed by atoms with Gasteiger partial charge in [-0.15, -0.1) is 0 Å². The molecule has 0 N–H and O–H groups in total. The van der Waals surface area contributed by atoms with Gasteiger partial charge in [0.2, 0.25) is 0 Å². The van der Waals surface area contributed by atoms with Crippen LogP contribution in [-0.4, -0.2) is 19.9 Å². The molecule has 276 valence electrons. The summed E-state index contributed by atoms with van der Waals surface area (Å²) in [5, 5.41) is 9.43. The van der Waals surface area contributed by atoms with Gasteiger partial charge in [-0.2, -0.15) is 0 Å². The standard InChI is InChI=1S/C55H36N4/c1-55(2)49-38-20-10-9-15-33(38)25-30-43(49)48-44-31-36(53-56-46-23-13-11-21-41(46)51(58-53)34-16-5-3-6-17-34)26-28-39(44)40-29-27-37(32-45(40)50(48)55)54-57-47-24-14-12-22-42(47)52(59-54)35-18-7-4-8-19-35/h3-32H,1-2H3. The van der Waals surface area contributed by atoms with Crippen LogP contribution in [0.25, 0.3) is 111 Å². The highest BCUT2D eigenvalue weighted by Crippen LogP contribution is 2.57. The van der Waals surface area contributed by atoms with Crippen molar-refractivity contribution >= 4 is 54.1 Å². The molecule has 9 aromatic carbocycles. The Bertz CT molecular complexity index is 3520. The molecule has 0 atom stereocenters. The molecule has 0 bridgehead atoms. The van der Waals surface area contributed by atoms with Gasteiger partial charge in [0, 0.05) is 38.4 Å². The number of hydrogen-bond acceptors (Lipinski definition) is 4. The fraction of sp³-hybridized carbons (Fsp3) is 0.0545. The molecule has 0 saturated carbocycles. The van der Waals surface area contributed by atoms with Gasteiger partial charge in [-0.25, -0.2) is 19.9 Å². The number of fused-ring (bicyclic) bond motifs is 12. The molecule has 11 aromatic rings. The maximum Gasteiger partial charge on any atom is 0.160 e. The van der Waals surface area contributed by atoms with E-state index in [-0.39, 0.29) is 5.41 Å². The highest BCUT2D eigenvalue weighted by Gasteiger charge is 2.40. The minimum atomic E-state index is -0.314. The third kappa shape index (κ3) is 5.09. The number of rotatable bonds is 4. The van der Waals surface area contributed by atoms with Crippen LogP contribution in [-0.2, 0) is 5.41 Å². The summed E-state index contributed by atoms with van der Waals surface area (Å²) >= 11 is 0. The Morgan fingerprint density at radius 3 is 1.42 bits per heavy atom. The van der Waals surface area contributed by atoms with Crippen LogP contribution >= 0.6 is 0 Å². The smallest absolute Gasteiger partial charge is 0.160 e. The molecule has 12 rings (SSSR count). The summed E-state index contributed by atoms with van der Waals surface area (Å²) < 4.78 is 0. The largest absolute Gasteiger partial charge is 0.228 e. The van der Waals surface area contributed by atoms with Gasteiger partial charge in [0.05, 0.1) is 22.4 Å². The number of nitrogens with zero attached hydrogens (tertiary/aromatic N) is 4. The molecule has 4 nitrogen and oxygen atoms in total. The Labute approximate surface area is 341 Å². The molecule has 59 heavy (non-hydrogen) atoms. The Morgan fingerprint density at radius 2 is 0.831 bits per heavy atom. The lowest BCUT2D eigenvalue weighted by molar-refractivity contribution is 0.672. The first-order valence-electron chi connectivity index (χ1n) is 20.2. The normalized spacial score (nSPS) is 13.1. The van der Waals surface area contributed by atoms with Gasteiger partial charge in [0.1, 0.15) is 0 Å². The van der Waals surface area contributed by atoms with Crippen molar-refractivity contribution < 1.29 is 0 Å². The topological polar surface area (TPSA) is 51.6 Å². The first kappa shape index (κ1) is 33.6. The van der Waals surface area contributed by atoms with Crippen molar-refractivity contribution in [2.24, 2.45) is 0 Å². The predicted molar refractivity (Wildman–Crippen MR) is 244 cm³/mol. The second-order valence-electron chi connectivity index (χ2n) is 16.2. The number of aromatic nitrogens is 4. The lowest BCUT2D eigenvalue weighted by Crippen LogP contribution is -2.16.